The van der Waals surface area contributed by atoms with Crippen molar-refractivity contribution >= 4 is 22.8 Å². The van der Waals surface area contributed by atoms with Gasteiger partial charge in [0.15, 0.2) is 0 Å². The molecule has 0 spiro atoms. The van der Waals surface area contributed by atoms with E-state index in [4.69, 9.17) is 0 Å². The zero-order valence-electron chi connectivity index (χ0n) is 20.3. The standard InChI is InChI=1S/C26H28F2N4O4/c1-4-30(3)10-11-31-23(34)26(2)14-19-18-13-17(36-24(27)28)8-9-20(18)29-21(19)22(32(26)25(31)35)15-6-5-7-16(33)12-15/h5-9,12-13,22,24,29,33H,4,10-11,14H2,1-3H3/t22?,26-/m0/s1. The molecule has 3 amide bonds. The molecule has 10 heteroatoms. The van der Waals surface area contributed by atoms with Crippen molar-refractivity contribution in [2.45, 2.75) is 38.5 Å². The summed E-state index contributed by atoms with van der Waals surface area (Å²) in [7, 11) is 1.92. The Hall–Kier alpha value is -3.66. The number of hydrogen-bond donors (Lipinski definition) is 2. The summed E-state index contributed by atoms with van der Waals surface area (Å²) in [6, 6.07) is 10.1. The number of fused-ring (bicyclic) bond motifs is 4. The van der Waals surface area contributed by atoms with Gasteiger partial charge in [0.2, 0.25) is 0 Å². The van der Waals surface area contributed by atoms with Crippen LogP contribution in [0.2, 0.25) is 0 Å². The number of amides is 3. The van der Waals surface area contributed by atoms with Gasteiger partial charge in [0, 0.05) is 36.1 Å². The van der Waals surface area contributed by atoms with Gasteiger partial charge in [0.1, 0.15) is 23.1 Å². The predicted molar refractivity (Wildman–Crippen MR) is 129 cm³/mol. The molecule has 5 rings (SSSR count). The third-order valence-electron chi connectivity index (χ3n) is 7.29. The Morgan fingerprint density at radius 3 is 2.72 bits per heavy atom. The highest BCUT2D eigenvalue weighted by Gasteiger charge is 2.60. The quantitative estimate of drug-likeness (QED) is 0.479. The summed E-state index contributed by atoms with van der Waals surface area (Å²) in [5, 5.41) is 10.9. The van der Waals surface area contributed by atoms with Crippen LogP contribution >= 0.6 is 0 Å². The molecule has 36 heavy (non-hydrogen) atoms. The lowest BCUT2D eigenvalue weighted by atomic mass is 9.81. The number of carbonyl (C=O) groups is 2. The number of nitrogens with zero attached hydrogens (tertiary/aromatic N) is 3. The van der Waals surface area contributed by atoms with Gasteiger partial charge in [0.05, 0.1) is 0 Å². The van der Waals surface area contributed by atoms with Crippen LogP contribution in [0.1, 0.15) is 36.7 Å². The zero-order chi connectivity index (χ0) is 25.8. The Balaban J connectivity index is 1.66. The van der Waals surface area contributed by atoms with Gasteiger partial charge in [-0.25, -0.2) is 4.79 Å². The fourth-order valence-corrected chi connectivity index (χ4v) is 5.34. The Kier molecular flexibility index (Phi) is 5.86. The van der Waals surface area contributed by atoms with Crippen molar-refractivity contribution in [2.24, 2.45) is 0 Å². The Labute approximate surface area is 207 Å². The number of halogens is 2. The maximum atomic E-state index is 13.8. The summed E-state index contributed by atoms with van der Waals surface area (Å²) in [5.74, 6) is -0.259. The first kappa shape index (κ1) is 24.1. The summed E-state index contributed by atoms with van der Waals surface area (Å²) >= 11 is 0. The third-order valence-corrected chi connectivity index (χ3v) is 7.29. The van der Waals surface area contributed by atoms with E-state index in [0.717, 1.165) is 12.1 Å². The van der Waals surface area contributed by atoms with Crippen molar-refractivity contribution in [3.63, 3.8) is 0 Å². The van der Waals surface area contributed by atoms with Crippen LogP contribution in [0.25, 0.3) is 10.9 Å². The van der Waals surface area contributed by atoms with E-state index in [1.807, 2.05) is 18.9 Å². The van der Waals surface area contributed by atoms with Crippen molar-refractivity contribution in [1.82, 2.24) is 19.7 Å². The third kappa shape index (κ3) is 3.76. The van der Waals surface area contributed by atoms with Crippen molar-refractivity contribution < 1.29 is 28.2 Å². The van der Waals surface area contributed by atoms with Crippen LogP contribution < -0.4 is 4.74 Å². The second kappa shape index (κ2) is 8.77. The van der Waals surface area contributed by atoms with E-state index >= 15 is 0 Å². The summed E-state index contributed by atoms with van der Waals surface area (Å²) in [6.07, 6.45) is 0.209. The Bertz CT molecular complexity index is 1340. The van der Waals surface area contributed by atoms with Crippen molar-refractivity contribution in [3.05, 3.63) is 59.3 Å². The van der Waals surface area contributed by atoms with Crippen molar-refractivity contribution in [1.29, 1.82) is 0 Å². The minimum absolute atomic E-state index is 0.0128. The number of phenols is 1. The molecule has 0 saturated carbocycles. The Morgan fingerprint density at radius 2 is 2.03 bits per heavy atom. The van der Waals surface area contributed by atoms with Gasteiger partial charge < -0.3 is 19.7 Å². The number of imide groups is 1. The first-order valence-corrected chi connectivity index (χ1v) is 11.9. The molecule has 8 nitrogen and oxygen atoms in total. The Morgan fingerprint density at radius 1 is 1.25 bits per heavy atom. The van der Waals surface area contributed by atoms with E-state index in [1.165, 1.54) is 23.1 Å². The molecule has 0 aliphatic carbocycles. The number of likely N-dealkylation sites (N-methyl/N-ethyl adjacent to an activating group) is 1. The monoisotopic (exact) mass is 498 g/mol. The van der Waals surface area contributed by atoms with Crippen LogP contribution in [-0.4, -0.2) is 75.6 Å². The molecule has 2 atom stereocenters. The molecule has 1 saturated heterocycles. The number of urea groups is 1. The molecule has 2 N–H and O–H groups in total. The predicted octanol–water partition coefficient (Wildman–Crippen LogP) is 4.10. The maximum Gasteiger partial charge on any atom is 0.387 e. The molecule has 1 fully saturated rings. The molecule has 190 valence electrons. The molecular weight excluding hydrogens is 470 g/mol. The smallest absolute Gasteiger partial charge is 0.387 e. The normalized spacial score (nSPS) is 21.6. The number of phenolic OH excluding ortho intramolecular Hbond substituents is 1. The number of H-pyrrole nitrogens is 1. The van der Waals surface area contributed by atoms with Crippen LogP contribution in [-0.2, 0) is 11.2 Å². The van der Waals surface area contributed by atoms with E-state index in [2.05, 4.69) is 9.72 Å². The van der Waals surface area contributed by atoms with Gasteiger partial charge in [-0.15, -0.1) is 0 Å². The largest absolute Gasteiger partial charge is 0.508 e. The number of rotatable bonds is 7. The fourth-order valence-electron chi connectivity index (χ4n) is 5.34. The van der Waals surface area contributed by atoms with Crippen molar-refractivity contribution in [2.75, 3.05) is 26.7 Å². The minimum Gasteiger partial charge on any atom is -0.508 e. The summed E-state index contributed by atoms with van der Waals surface area (Å²) < 4.78 is 30.4. The summed E-state index contributed by atoms with van der Waals surface area (Å²) in [6.45, 7) is 2.35. The number of ether oxygens (including phenoxy) is 1. The molecule has 0 bridgehead atoms. The molecule has 3 heterocycles. The molecule has 2 aliphatic heterocycles. The van der Waals surface area contributed by atoms with Gasteiger partial charge in [-0.2, -0.15) is 8.78 Å². The first-order valence-electron chi connectivity index (χ1n) is 11.9. The van der Waals surface area contributed by atoms with Crippen molar-refractivity contribution in [3.8, 4) is 11.5 Å². The summed E-state index contributed by atoms with van der Waals surface area (Å²) in [5.41, 5.74) is 1.55. The molecular formula is C26H28F2N4O4. The molecule has 2 aliphatic rings. The van der Waals surface area contributed by atoms with E-state index in [9.17, 15) is 23.5 Å². The maximum absolute atomic E-state index is 13.8. The SMILES string of the molecule is CCN(C)CCN1C(=O)N2C(c3cccc(O)c3)c3[nH]c4ccc(OC(F)F)cc4c3C[C@@]2(C)C1=O. The van der Waals surface area contributed by atoms with Gasteiger partial charge in [-0.1, -0.05) is 19.1 Å². The highest BCUT2D eigenvalue weighted by Crippen LogP contribution is 2.49. The zero-order valence-corrected chi connectivity index (χ0v) is 20.3. The lowest BCUT2D eigenvalue weighted by Crippen LogP contribution is -2.53. The summed E-state index contributed by atoms with van der Waals surface area (Å²) in [4.78, 5) is 35.8. The van der Waals surface area contributed by atoms with E-state index in [0.29, 0.717) is 28.7 Å². The van der Waals surface area contributed by atoms with Crippen LogP contribution in [0.5, 0.6) is 11.5 Å². The first-order chi connectivity index (χ1) is 17.1. The number of alkyl halides is 2. The highest BCUT2D eigenvalue weighted by atomic mass is 19.3. The number of hydrogen-bond acceptors (Lipinski definition) is 5. The number of aromatic nitrogens is 1. The minimum atomic E-state index is -2.96. The van der Waals surface area contributed by atoms with Crippen LogP contribution in [0.3, 0.4) is 0 Å². The lowest BCUT2D eigenvalue weighted by Gasteiger charge is -2.42. The molecule has 0 radical (unpaired) electrons. The number of aromatic amines is 1. The average Bonchev–Trinajstić information content (AvgIpc) is 3.27. The van der Waals surface area contributed by atoms with Gasteiger partial charge >= 0.3 is 12.6 Å². The fraction of sp³-hybridized carbons (Fsp3) is 0.385. The van der Waals surface area contributed by atoms with Gasteiger partial charge in [0.25, 0.3) is 5.91 Å². The second-order valence-corrected chi connectivity index (χ2v) is 9.56. The number of carbonyl (C=O) groups excluding carboxylic acids is 2. The van der Waals surface area contributed by atoms with E-state index < -0.39 is 24.2 Å². The van der Waals surface area contributed by atoms with Gasteiger partial charge in [-0.3, -0.25) is 14.6 Å². The molecule has 2 aromatic carbocycles. The second-order valence-electron chi connectivity index (χ2n) is 9.56. The molecule has 1 aromatic heterocycles. The highest BCUT2D eigenvalue weighted by molar-refractivity contribution is 6.08. The number of benzene rings is 2. The van der Waals surface area contributed by atoms with Gasteiger partial charge in [-0.05, 0) is 62.0 Å². The number of nitrogens with one attached hydrogen (secondary N) is 1. The topological polar surface area (TPSA) is 89.1 Å². The van der Waals surface area contributed by atoms with Crippen LogP contribution in [0, 0.1) is 0 Å². The van der Waals surface area contributed by atoms with E-state index in [1.54, 1.807) is 36.1 Å². The van der Waals surface area contributed by atoms with Crippen LogP contribution in [0.4, 0.5) is 13.6 Å². The average molecular weight is 499 g/mol. The molecule has 3 aromatic rings. The molecule has 1 unspecified atom stereocenters. The number of aromatic hydroxyl groups is 1. The lowest BCUT2D eigenvalue weighted by molar-refractivity contribution is -0.133. The van der Waals surface area contributed by atoms with E-state index in [-0.39, 0.29) is 30.4 Å². The van der Waals surface area contributed by atoms with Crippen LogP contribution in [0.15, 0.2) is 42.5 Å².